The van der Waals surface area contributed by atoms with Gasteiger partial charge in [0, 0.05) is 25.3 Å². The van der Waals surface area contributed by atoms with Gasteiger partial charge in [0.25, 0.3) is 5.91 Å². The molecule has 1 N–H and O–H groups in total. The van der Waals surface area contributed by atoms with E-state index in [0.29, 0.717) is 12.6 Å². The van der Waals surface area contributed by atoms with Gasteiger partial charge in [0.2, 0.25) is 0 Å². The van der Waals surface area contributed by atoms with Gasteiger partial charge in [0.15, 0.2) is 0 Å². The molecule has 4 nitrogen and oxygen atoms in total. The standard InChI is InChI=1S/C14H23N3O/c1-3-4-8-16-14(18)13(10-15)11-17-9-6-5-7-12(17)2/h11-12H,3-9H2,1-2H3,(H,16,18)/b13-11-. The molecule has 1 atom stereocenters. The predicted octanol–water partition coefficient (Wildman–Crippen LogP) is 2.18. The SMILES string of the molecule is CCCCNC(=O)/C(C#N)=C\N1CCCCC1C. The molecule has 1 aliphatic rings. The molecule has 1 rings (SSSR count). The lowest BCUT2D eigenvalue weighted by atomic mass is 10.0. The molecule has 1 saturated heterocycles. The summed E-state index contributed by atoms with van der Waals surface area (Å²) in [4.78, 5) is 13.9. The maximum atomic E-state index is 11.8. The summed E-state index contributed by atoms with van der Waals surface area (Å²) in [7, 11) is 0. The molecule has 0 radical (unpaired) electrons. The second-order valence-corrected chi connectivity index (χ2v) is 4.85. The summed E-state index contributed by atoms with van der Waals surface area (Å²) >= 11 is 0. The first-order valence-electron chi connectivity index (χ1n) is 6.85. The Morgan fingerprint density at radius 1 is 1.56 bits per heavy atom. The van der Waals surface area contributed by atoms with Crippen LogP contribution < -0.4 is 5.32 Å². The second-order valence-electron chi connectivity index (χ2n) is 4.85. The van der Waals surface area contributed by atoms with Crippen LogP contribution in [0.5, 0.6) is 0 Å². The Bertz CT molecular complexity index is 343. The molecule has 1 fully saturated rings. The van der Waals surface area contributed by atoms with Crippen molar-refractivity contribution in [1.29, 1.82) is 5.26 Å². The quantitative estimate of drug-likeness (QED) is 0.461. The number of hydrogen-bond acceptors (Lipinski definition) is 3. The number of unbranched alkanes of at least 4 members (excludes halogenated alkanes) is 1. The van der Waals surface area contributed by atoms with Crippen molar-refractivity contribution in [2.45, 2.75) is 52.0 Å². The first kappa shape index (κ1) is 14.6. The third kappa shape index (κ3) is 4.40. The first-order chi connectivity index (χ1) is 8.69. The van der Waals surface area contributed by atoms with Crippen LogP contribution in [0.2, 0.25) is 0 Å². The number of nitrogens with zero attached hydrogens (tertiary/aromatic N) is 2. The van der Waals surface area contributed by atoms with Crippen molar-refractivity contribution in [3.05, 3.63) is 11.8 Å². The van der Waals surface area contributed by atoms with E-state index in [4.69, 9.17) is 5.26 Å². The van der Waals surface area contributed by atoms with Crippen LogP contribution in [0.3, 0.4) is 0 Å². The molecule has 0 bridgehead atoms. The molecule has 0 spiro atoms. The molecular formula is C14H23N3O. The van der Waals surface area contributed by atoms with E-state index in [1.165, 1.54) is 6.42 Å². The van der Waals surface area contributed by atoms with E-state index < -0.39 is 0 Å². The smallest absolute Gasteiger partial charge is 0.263 e. The Morgan fingerprint density at radius 3 is 2.94 bits per heavy atom. The second kappa shape index (κ2) is 7.75. The number of nitriles is 1. The van der Waals surface area contributed by atoms with Crippen molar-refractivity contribution in [2.24, 2.45) is 0 Å². The zero-order valence-electron chi connectivity index (χ0n) is 11.4. The van der Waals surface area contributed by atoms with E-state index in [9.17, 15) is 4.79 Å². The van der Waals surface area contributed by atoms with Gasteiger partial charge >= 0.3 is 0 Å². The van der Waals surface area contributed by atoms with Crippen LogP contribution in [0.1, 0.15) is 46.0 Å². The number of piperidine rings is 1. The summed E-state index contributed by atoms with van der Waals surface area (Å²) in [5.74, 6) is -0.247. The van der Waals surface area contributed by atoms with Gasteiger partial charge in [-0.3, -0.25) is 4.79 Å². The number of carbonyl (C=O) groups is 1. The van der Waals surface area contributed by atoms with Gasteiger partial charge in [0.05, 0.1) is 0 Å². The molecule has 1 heterocycles. The van der Waals surface area contributed by atoms with E-state index in [1.54, 1.807) is 6.20 Å². The predicted molar refractivity (Wildman–Crippen MR) is 71.6 cm³/mol. The fourth-order valence-electron chi connectivity index (χ4n) is 2.09. The van der Waals surface area contributed by atoms with Crippen LogP contribution in [0.25, 0.3) is 0 Å². The Labute approximate surface area is 110 Å². The van der Waals surface area contributed by atoms with Gasteiger partial charge in [-0.15, -0.1) is 0 Å². The lowest BCUT2D eigenvalue weighted by Crippen LogP contribution is -2.34. The fourth-order valence-corrected chi connectivity index (χ4v) is 2.09. The van der Waals surface area contributed by atoms with E-state index in [1.807, 2.05) is 6.07 Å². The molecule has 0 aromatic rings. The highest BCUT2D eigenvalue weighted by Gasteiger charge is 2.17. The van der Waals surface area contributed by atoms with Crippen molar-refractivity contribution in [1.82, 2.24) is 10.2 Å². The minimum Gasteiger partial charge on any atom is -0.373 e. The van der Waals surface area contributed by atoms with Crippen LogP contribution in [0.15, 0.2) is 11.8 Å². The lowest BCUT2D eigenvalue weighted by Gasteiger charge is -2.32. The summed E-state index contributed by atoms with van der Waals surface area (Å²) in [5.41, 5.74) is 0.222. The number of carbonyl (C=O) groups excluding carboxylic acids is 1. The number of nitrogens with one attached hydrogen (secondary N) is 1. The van der Waals surface area contributed by atoms with Gasteiger partial charge in [-0.1, -0.05) is 13.3 Å². The van der Waals surface area contributed by atoms with E-state index in [2.05, 4.69) is 24.1 Å². The third-order valence-corrected chi connectivity index (χ3v) is 3.33. The van der Waals surface area contributed by atoms with Crippen molar-refractivity contribution in [2.75, 3.05) is 13.1 Å². The monoisotopic (exact) mass is 249 g/mol. The number of rotatable bonds is 5. The van der Waals surface area contributed by atoms with Crippen molar-refractivity contribution >= 4 is 5.91 Å². The molecule has 4 heteroatoms. The van der Waals surface area contributed by atoms with Crippen molar-refractivity contribution < 1.29 is 4.79 Å². The molecule has 0 aliphatic carbocycles. The molecule has 0 saturated carbocycles. The maximum absolute atomic E-state index is 11.8. The fraction of sp³-hybridized carbons (Fsp3) is 0.714. The Hall–Kier alpha value is -1.50. The van der Waals surface area contributed by atoms with Gasteiger partial charge in [-0.25, -0.2) is 0 Å². The van der Waals surface area contributed by atoms with Gasteiger partial charge in [-0.05, 0) is 32.6 Å². The highest BCUT2D eigenvalue weighted by molar-refractivity contribution is 5.97. The molecular weight excluding hydrogens is 226 g/mol. The van der Waals surface area contributed by atoms with Crippen molar-refractivity contribution in [3.8, 4) is 6.07 Å². The van der Waals surface area contributed by atoms with E-state index in [0.717, 1.165) is 32.2 Å². The van der Waals surface area contributed by atoms with Gasteiger partial charge in [0.1, 0.15) is 11.6 Å². The lowest BCUT2D eigenvalue weighted by molar-refractivity contribution is -0.117. The average Bonchev–Trinajstić information content (AvgIpc) is 2.38. The minimum absolute atomic E-state index is 0.222. The van der Waals surface area contributed by atoms with E-state index >= 15 is 0 Å². The van der Waals surface area contributed by atoms with Crippen LogP contribution in [-0.2, 0) is 4.79 Å². The molecule has 0 aromatic carbocycles. The molecule has 1 aliphatic heterocycles. The van der Waals surface area contributed by atoms with Crippen LogP contribution in [-0.4, -0.2) is 29.9 Å². The minimum atomic E-state index is -0.247. The molecule has 18 heavy (non-hydrogen) atoms. The topological polar surface area (TPSA) is 56.1 Å². The van der Waals surface area contributed by atoms with Gasteiger partial charge < -0.3 is 10.2 Å². The van der Waals surface area contributed by atoms with Crippen LogP contribution in [0.4, 0.5) is 0 Å². The Balaban J connectivity index is 2.58. The van der Waals surface area contributed by atoms with Crippen LogP contribution >= 0.6 is 0 Å². The van der Waals surface area contributed by atoms with Crippen LogP contribution in [0, 0.1) is 11.3 Å². The molecule has 1 amide bonds. The summed E-state index contributed by atoms with van der Waals surface area (Å²) in [6.45, 7) is 5.79. The Morgan fingerprint density at radius 2 is 2.33 bits per heavy atom. The number of likely N-dealkylation sites (tertiary alicyclic amines) is 1. The number of amides is 1. The molecule has 100 valence electrons. The highest BCUT2D eigenvalue weighted by atomic mass is 16.1. The average molecular weight is 249 g/mol. The normalized spacial score (nSPS) is 20.4. The zero-order chi connectivity index (χ0) is 13.4. The summed E-state index contributed by atoms with van der Waals surface area (Å²) < 4.78 is 0. The molecule has 0 aromatic heterocycles. The summed E-state index contributed by atoms with van der Waals surface area (Å²) in [6.07, 6.45) is 7.21. The largest absolute Gasteiger partial charge is 0.373 e. The van der Waals surface area contributed by atoms with Crippen molar-refractivity contribution in [3.63, 3.8) is 0 Å². The Kier molecular flexibility index (Phi) is 6.27. The number of hydrogen-bond donors (Lipinski definition) is 1. The molecule has 1 unspecified atom stereocenters. The third-order valence-electron chi connectivity index (χ3n) is 3.33. The maximum Gasteiger partial charge on any atom is 0.263 e. The summed E-state index contributed by atoms with van der Waals surface area (Å²) in [6, 6.07) is 2.43. The highest BCUT2D eigenvalue weighted by Crippen LogP contribution is 2.17. The van der Waals surface area contributed by atoms with E-state index in [-0.39, 0.29) is 11.5 Å². The van der Waals surface area contributed by atoms with Gasteiger partial charge in [-0.2, -0.15) is 5.26 Å². The summed E-state index contributed by atoms with van der Waals surface area (Å²) in [5, 5.41) is 11.8. The first-order valence-corrected chi connectivity index (χ1v) is 6.85. The zero-order valence-corrected chi connectivity index (χ0v) is 11.4.